The lowest BCUT2D eigenvalue weighted by atomic mass is 9.85. The first-order valence-corrected chi connectivity index (χ1v) is 7.76. The quantitative estimate of drug-likeness (QED) is 0.806. The van der Waals surface area contributed by atoms with Gasteiger partial charge in [-0.1, -0.05) is 13.8 Å². The molecule has 2 N–H and O–H groups in total. The smallest absolute Gasteiger partial charge is 0.0429 e. The highest BCUT2D eigenvalue weighted by molar-refractivity contribution is 7.99. The van der Waals surface area contributed by atoms with Crippen LogP contribution in [0.4, 0.5) is 0 Å². The van der Waals surface area contributed by atoms with E-state index < -0.39 is 0 Å². The first kappa shape index (κ1) is 12.7. The van der Waals surface area contributed by atoms with E-state index in [9.17, 15) is 0 Å². The Balaban J connectivity index is 2.03. The average molecular weight is 242 g/mol. The van der Waals surface area contributed by atoms with Gasteiger partial charge in [-0.05, 0) is 49.9 Å². The van der Waals surface area contributed by atoms with E-state index in [1.54, 1.807) is 0 Å². The van der Waals surface area contributed by atoms with Gasteiger partial charge in [0.15, 0.2) is 0 Å². The Morgan fingerprint density at radius 3 is 2.62 bits per heavy atom. The molecule has 2 saturated heterocycles. The first-order valence-electron chi connectivity index (χ1n) is 6.61. The zero-order chi connectivity index (χ0) is 11.6. The zero-order valence-electron chi connectivity index (χ0n) is 10.8. The summed E-state index contributed by atoms with van der Waals surface area (Å²) in [5.74, 6) is 2.56. The van der Waals surface area contributed by atoms with Crippen molar-refractivity contribution < 1.29 is 0 Å². The third kappa shape index (κ3) is 2.57. The van der Waals surface area contributed by atoms with Crippen LogP contribution in [0.5, 0.6) is 0 Å². The van der Waals surface area contributed by atoms with Crippen molar-refractivity contribution in [2.45, 2.75) is 45.1 Å². The van der Waals surface area contributed by atoms with Gasteiger partial charge in [0.2, 0.25) is 0 Å². The lowest BCUT2D eigenvalue weighted by molar-refractivity contribution is 0.117. The number of likely N-dealkylation sites (tertiary alicyclic amines) is 1. The average Bonchev–Trinajstić information content (AvgIpc) is 2.65. The first-order chi connectivity index (χ1) is 7.58. The van der Waals surface area contributed by atoms with Gasteiger partial charge in [-0.25, -0.2) is 0 Å². The molecule has 0 bridgehead atoms. The molecule has 0 saturated carbocycles. The lowest BCUT2D eigenvalue weighted by Crippen LogP contribution is -2.54. The molecule has 1 unspecified atom stereocenters. The molecule has 3 heteroatoms. The molecule has 2 fully saturated rings. The molecular formula is C13H26N2S. The van der Waals surface area contributed by atoms with Crippen LogP contribution in [0, 0.1) is 5.41 Å². The summed E-state index contributed by atoms with van der Waals surface area (Å²) in [4.78, 5) is 2.71. The van der Waals surface area contributed by atoms with Crippen molar-refractivity contribution in [1.82, 2.24) is 4.90 Å². The molecule has 2 heterocycles. The largest absolute Gasteiger partial charge is 0.329 e. The van der Waals surface area contributed by atoms with Crippen LogP contribution in [0.1, 0.15) is 39.5 Å². The van der Waals surface area contributed by atoms with Crippen LogP contribution in [0.25, 0.3) is 0 Å². The molecule has 2 aliphatic heterocycles. The lowest BCUT2D eigenvalue weighted by Gasteiger charge is -2.39. The van der Waals surface area contributed by atoms with Gasteiger partial charge in [-0.2, -0.15) is 11.8 Å². The van der Waals surface area contributed by atoms with Crippen molar-refractivity contribution in [2.24, 2.45) is 11.1 Å². The van der Waals surface area contributed by atoms with Crippen molar-refractivity contribution in [1.29, 1.82) is 0 Å². The standard InChI is InChI=1S/C13H26N2S/c1-12(2)4-3-7-15(8-5-12)13(10-14)6-9-16-11-13/h3-11,14H2,1-2H3. The number of hydrogen-bond donors (Lipinski definition) is 1. The number of nitrogens with zero attached hydrogens (tertiary/aromatic N) is 1. The molecule has 16 heavy (non-hydrogen) atoms. The fourth-order valence-electron chi connectivity index (χ4n) is 3.03. The van der Waals surface area contributed by atoms with Gasteiger partial charge in [0.1, 0.15) is 0 Å². The van der Waals surface area contributed by atoms with E-state index in [2.05, 4.69) is 30.5 Å². The monoisotopic (exact) mass is 242 g/mol. The Bertz CT molecular complexity index is 234. The van der Waals surface area contributed by atoms with Crippen molar-refractivity contribution in [3.8, 4) is 0 Å². The Morgan fingerprint density at radius 2 is 2.00 bits per heavy atom. The highest BCUT2D eigenvalue weighted by Gasteiger charge is 2.40. The van der Waals surface area contributed by atoms with Crippen molar-refractivity contribution in [3.63, 3.8) is 0 Å². The van der Waals surface area contributed by atoms with E-state index in [-0.39, 0.29) is 0 Å². The van der Waals surface area contributed by atoms with E-state index in [0.717, 1.165) is 6.54 Å². The summed E-state index contributed by atoms with van der Waals surface area (Å²) < 4.78 is 0. The van der Waals surface area contributed by atoms with E-state index in [1.165, 1.54) is 50.3 Å². The molecule has 0 aromatic carbocycles. The predicted molar refractivity (Wildman–Crippen MR) is 72.9 cm³/mol. The minimum Gasteiger partial charge on any atom is -0.329 e. The molecule has 1 atom stereocenters. The van der Waals surface area contributed by atoms with Gasteiger partial charge >= 0.3 is 0 Å². The summed E-state index contributed by atoms with van der Waals surface area (Å²) in [5, 5.41) is 0. The molecule has 0 spiro atoms. The van der Waals surface area contributed by atoms with Gasteiger partial charge in [-0.15, -0.1) is 0 Å². The minimum absolute atomic E-state index is 0.338. The maximum Gasteiger partial charge on any atom is 0.0429 e. The van der Waals surface area contributed by atoms with Gasteiger partial charge in [0.05, 0.1) is 0 Å². The molecular weight excluding hydrogens is 216 g/mol. The highest BCUT2D eigenvalue weighted by atomic mass is 32.2. The van der Waals surface area contributed by atoms with Crippen molar-refractivity contribution in [2.75, 3.05) is 31.1 Å². The summed E-state index contributed by atoms with van der Waals surface area (Å²) in [6, 6.07) is 0. The number of thioether (sulfide) groups is 1. The van der Waals surface area contributed by atoms with Gasteiger partial charge in [0, 0.05) is 17.8 Å². The van der Waals surface area contributed by atoms with E-state index in [1.807, 2.05) is 0 Å². The van der Waals surface area contributed by atoms with E-state index >= 15 is 0 Å². The van der Waals surface area contributed by atoms with Crippen LogP contribution in [0.15, 0.2) is 0 Å². The molecule has 0 radical (unpaired) electrons. The van der Waals surface area contributed by atoms with Crippen LogP contribution in [-0.4, -0.2) is 41.6 Å². The second-order valence-electron chi connectivity index (χ2n) is 6.24. The van der Waals surface area contributed by atoms with Gasteiger partial charge < -0.3 is 5.73 Å². The zero-order valence-corrected chi connectivity index (χ0v) is 11.6. The normalized spacial score (nSPS) is 36.2. The molecule has 0 aromatic rings. The predicted octanol–water partition coefficient (Wildman–Crippen LogP) is 2.33. The van der Waals surface area contributed by atoms with E-state index in [4.69, 9.17) is 5.73 Å². The SMILES string of the molecule is CC1(C)CCCN(C2(CN)CCSC2)CC1. The summed E-state index contributed by atoms with van der Waals surface area (Å²) in [6.45, 7) is 8.19. The fourth-order valence-corrected chi connectivity index (χ4v) is 4.53. The Kier molecular flexibility index (Phi) is 3.87. The second-order valence-corrected chi connectivity index (χ2v) is 7.34. The number of hydrogen-bond acceptors (Lipinski definition) is 3. The fraction of sp³-hybridized carbons (Fsp3) is 1.00. The molecule has 2 nitrogen and oxygen atoms in total. The molecule has 2 aliphatic rings. The number of nitrogens with two attached hydrogens (primary N) is 1. The van der Waals surface area contributed by atoms with Crippen molar-refractivity contribution in [3.05, 3.63) is 0 Å². The van der Waals surface area contributed by atoms with E-state index in [0.29, 0.717) is 11.0 Å². The van der Waals surface area contributed by atoms with Crippen molar-refractivity contribution >= 4 is 11.8 Å². The van der Waals surface area contributed by atoms with Crippen LogP contribution >= 0.6 is 11.8 Å². The Hall–Kier alpha value is 0.270. The maximum absolute atomic E-state index is 6.06. The van der Waals surface area contributed by atoms with Crippen LogP contribution in [0.2, 0.25) is 0 Å². The molecule has 0 aliphatic carbocycles. The summed E-state index contributed by atoms with van der Waals surface area (Å²) in [6.07, 6.45) is 5.35. The van der Waals surface area contributed by atoms with Gasteiger partial charge in [0.25, 0.3) is 0 Å². The maximum atomic E-state index is 6.06. The number of rotatable bonds is 2. The summed E-state index contributed by atoms with van der Waals surface area (Å²) in [7, 11) is 0. The van der Waals surface area contributed by atoms with Crippen LogP contribution in [0.3, 0.4) is 0 Å². The molecule has 94 valence electrons. The summed E-state index contributed by atoms with van der Waals surface area (Å²) >= 11 is 2.08. The third-order valence-corrected chi connectivity index (χ3v) is 5.71. The topological polar surface area (TPSA) is 29.3 Å². The van der Waals surface area contributed by atoms with Gasteiger partial charge in [-0.3, -0.25) is 4.90 Å². The Morgan fingerprint density at radius 1 is 1.19 bits per heavy atom. The minimum atomic E-state index is 0.338. The molecule has 2 rings (SSSR count). The molecule has 0 amide bonds. The van der Waals surface area contributed by atoms with Crippen LogP contribution < -0.4 is 5.73 Å². The highest BCUT2D eigenvalue weighted by Crippen LogP contribution is 2.37. The molecule has 0 aromatic heterocycles. The third-order valence-electron chi connectivity index (χ3n) is 4.47. The Labute approximate surface area is 104 Å². The van der Waals surface area contributed by atoms with Crippen LogP contribution in [-0.2, 0) is 0 Å². The summed E-state index contributed by atoms with van der Waals surface area (Å²) in [5.41, 5.74) is 6.94. The second kappa shape index (κ2) is 4.87.